The Kier molecular flexibility index (Phi) is 6.82. The number of nitrogens with zero attached hydrogens (tertiary/aromatic N) is 2. The van der Waals surface area contributed by atoms with E-state index in [0.717, 1.165) is 43.2 Å². The van der Waals surface area contributed by atoms with E-state index in [1.54, 1.807) is 26.1 Å². The van der Waals surface area contributed by atoms with Crippen molar-refractivity contribution in [3.05, 3.63) is 60.0 Å². The van der Waals surface area contributed by atoms with Crippen LogP contribution in [-0.4, -0.2) is 28.0 Å². The molecule has 3 aromatic rings. The molecule has 1 amide bonds. The van der Waals surface area contributed by atoms with E-state index >= 15 is 4.39 Å². The minimum absolute atomic E-state index is 0.0434. The Labute approximate surface area is 198 Å². The van der Waals surface area contributed by atoms with E-state index in [1.165, 1.54) is 4.90 Å². The Morgan fingerprint density at radius 3 is 2.50 bits per heavy atom. The molecule has 2 aromatic carbocycles. The van der Waals surface area contributed by atoms with Crippen molar-refractivity contribution in [2.75, 3.05) is 4.90 Å². The molecule has 7 heteroatoms. The molecule has 1 heterocycles. The molecule has 4 rings (SSSR count). The number of fused-ring (bicyclic) bond motifs is 1. The molecule has 0 aliphatic heterocycles. The zero-order valence-electron chi connectivity index (χ0n) is 19.6. The first-order valence-corrected chi connectivity index (χ1v) is 11.7. The zero-order valence-corrected chi connectivity index (χ0v) is 19.6. The molecule has 0 spiro atoms. The summed E-state index contributed by atoms with van der Waals surface area (Å²) in [6, 6.07) is 11.1. The predicted molar refractivity (Wildman–Crippen MR) is 129 cm³/mol. The second-order valence-corrected chi connectivity index (χ2v) is 9.30. The molecule has 0 bridgehead atoms. The second-order valence-electron chi connectivity index (χ2n) is 9.30. The fourth-order valence-electron chi connectivity index (χ4n) is 4.62. The standard InChI is InChI=1S/C27H29FN2O4/c1-16(2)30(26(31)19-10-8-17(3)9-11-19)23-15-22(28)24(14-21(23)27(32)33)34-25-20-7-5-4-6-18(20)12-13-29-25/h4-7,12-17,19H,8-11H2,1-3H3,(H,32,33)/t17-,19-. The normalized spacial score (nSPS) is 18.1. The lowest BCUT2D eigenvalue weighted by Gasteiger charge is -2.34. The highest BCUT2D eigenvalue weighted by Gasteiger charge is 2.33. The number of pyridine rings is 1. The van der Waals surface area contributed by atoms with E-state index in [-0.39, 0.29) is 40.7 Å². The van der Waals surface area contributed by atoms with Crippen molar-refractivity contribution >= 4 is 28.3 Å². The van der Waals surface area contributed by atoms with Gasteiger partial charge in [0.05, 0.1) is 11.3 Å². The van der Waals surface area contributed by atoms with E-state index in [4.69, 9.17) is 4.74 Å². The van der Waals surface area contributed by atoms with Gasteiger partial charge >= 0.3 is 5.97 Å². The van der Waals surface area contributed by atoms with Gasteiger partial charge in [-0.3, -0.25) is 4.79 Å². The number of rotatable bonds is 6. The van der Waals surface area contributed by atoms with Crippen molar-refractivity contribution < 1.29 is 23.8 Å². The maximum absolute atomic E-state index is 15.3. The van der Waals surface area contributed by atoms with Gasteiger partial charge < -0.3 is 14.7 Å². The van der Waals surface area contributed by atoms with Crippen molar-refractivity contribution in [1.82, 2.24) is 4.98 Å². The maximum Gasteiger partial charge on any atom is 0.337 e. The van der Waals surface area contributed by atoms with Crippen LogP contribution in [0, 0.1) is 17.7 Å². The largest absolute Gasteiger partial charge is 0.478 e. The van der Waals surface area contributed by atoms with Gasteiger partial charge in [-0.1, -0.05) is 25.1 Å². The number of carbonyl (C=O) groups is 2. The van der Waals surface area contributed by atoms with Gasteiger partial charge in [-0.05, 0) is 63.0 Å². The van der Waals surface area contributed by atoms with Crippen LogP contribution in [0.15, 0.2) is 48.7 Å². The number of carboxylic acid groups (broad SMARTS) is 1. The number of hydrogen-bond donors (Lipinski definition) is 1. The van der Waals surface area contributed by atoms with Crippen molar-refractivity contribution in [2.24, 2.45) is 11.8 Å². The number of carbonyl (C=O) groups excluding carboxylic acids is 1. The summed E-state index contributed by atoms with van der Waals surface area (Å²) < 4.78 is 21.0. The minimum Gasteiger partial charge on any atom is -0.478 e. The average Bonchev–Trinajstić information content (AvgIpc) is 2.81. The first kappa shape index (κ1) is 23.7. The van der Waals surface area contributed by atoms with Gasteiger partial charge in [0, 0.05) is 35.7 Å². The summed E-state index contributed by atoms with van der Waals surface area (Å²) in [6.07, 6.45) is 4.96. The molecule has 0 saturated heterocycles. The Morgan fingerprint density at radius 2 is 1.82 bits per heavy atom. The van der Waals surface area contributed by atoms with Crippen LogP contribution in [0.5, 0.6) is 11.6 Å². The summed E-state index contributed by atoms with van der Waals surface area (Å²) in [7, 11) is 0. The van der Waals surface area contributed by atoms with Gasteiger partial charge in [-0.2, -0.15) is 0 Å². The molecule has 1 aromatic heterocycles. The van der Waals surface area contributed by atoms with Crippen LogP contribution in [0.2, 0.25) is 0 Å². The number of benzene rings is 2. The van der Waals surface area contributed by atoms with Crippen molar-refractivity contribution in [1.29, 1.82) is 0 Å². The number of ether oxygens (including phenoxy) is 1. The lowest BCUT2D eigenvalue weighted by molar-refractivity contribution is -0.123. The minimum atomic E-state index is -1.26. The molecule has 1 saturated carbocycles. The average molecular weight is 465 g/mol. The van der Waals surface area contributed by atoms with E-state index in [9.17, 15) is 14.7 Å². The Hall–Kier alpha value is -3.48. The van der Waals surface area contributed by atoms with Crippen LogP contribution >= 0.6 is 0 Å². The van der Waals surface area contributed by atoms with Crippen LogP contribution < -0.4 is 9.64 Å². The van der Waals surface area contributed by atoms with Crippen LogP contribution in [-0.2, 0) is 4.79 Å². The van der Waals surface area contributed by atoms with Crippen molar-refractivity contribution in [2.45, 2.75) is 52.5 Å². The highest BCUT2D eigenvalue weighted by molar-refractivity contribution is 6.03. The van der Waals surface area contributed by atoms with Gasteiger partial charge in [-0.25, -0.2) is 14.2 Å². The summed E-state index contributed by atoms with van der Waals surface area (Å²) in [5, 5.41) is 11.5. The van der Waals surface area contributed by atoms with Crippen LogP contribution in [0.1, 0.15) is 56.8 Å². The molecule has 1 fully saturated rings. The van der Waals surface area contributed by atoms with E-state index in [1.807, 2.05) is 24.3 Å². The Morgan fingerprint density at radius 1 is 1.12 bits per heavy atom. The van der Waals surface area contributed by atoms with Crippen molar-refractivity contribution in [3.63, 3.8) is 0 Å². The number of aromatic carboxylic acids is 1. The number of carboxylic acids is 1. The van der Waals surface area contributed by atoms with Gasteiger partial charge in [0.2, 0.25) is 11.8 Å². The summed E-state index contributed by atoms with van der Waals surface area (Å²) >= 11 is 0. The highest BCUT2D eigenvalue weighted by Crippen LogP contribution is 2.37. The summed E-state index contributed by atoms with van der Waals surface area (Å²) in [6.45, 7) is 5.77. The number of aromatic nitrogens is 1. The topological polar surface area (TPSA) is 79.7 Å². The smallest absolute Gasteiger partial charge is 0.337 e. The first-order chi connectivity index (χ1) is 16.3. The molecule has 178 valence electrons. The van der Waals surface area contributed by atoms with Gasteiger partial charge in [0.1, 0.15) is 0 Å². The fourth-order valence-corrected chi connectivity index (χ4v) is 4.62. The number of hydrogen-bond acceptors (Lipinski definition) is 4. The predicted octanol–water partition coefficient (Wildman–Crippen LogP) is 6.43. The molecular weight excluding hydrogens is 435 g/mol. The summed E-state index contributed by atoms with van der Waals surface area (Å²) in [4.78, 5) is 31.2. The molecule has 0 radical (unpaired) electrons. The third-order valence-corrected chi connectivity index (χ3v) is 6.50. The molecule has 6 nitrogen and oxygen atoms in total. The lowest BCUT2D eigenvalue weighted by atomic mass is 9.82. The third-order valence-electron chi connectivity index (χ3n) is 6.50. The van der Waals surface area contributed by atoms with Crippen LogP contribution in [0.3, 0.4) is 0 Å². The van der Waals surface area contributed by atoms with Crippen molar-refractivity contribution in [3.8, 4) is 11.6 Å². The van der Waals surface area contributed by atoms with Crippen LogP contribution in [0.4, 0.5) is 10.1 Å². The molecule has 34 heavy (non-hydrogen) atoms. The SMILES string of the molecule is CC(C)N(c1cc(F)c(Oc2nccc3ccccc23)cc1C(=O)O)C(=O)[C@H]1CC[C@H](C)CC1. The molecule has 1 aliphatic carbocycles. The van der Waals surface area contributed by atoms with E-state index in [2.05, 4.69) is 11.9 Å². The Balaban J connectivity index is 1.72. The second kappa shape index (κ2) is 9.79. The fraction of sp³-hybridized carbons (Fsp3) is 0.370. The van der Waals surface area contributed by atoms with Gasteiger partial charge in [0.15, 0.2) is 11.6 Å². The quantitative estimate of drug-likeness (QED) is 0.455. The first-order valence-electron chi connectivity index (χ1n) is 11.7. The molecule has 1 N–H and O–H groups in total. The summed E-state index contributed by atoms with van der Waals surface area (Å²) in [5.41, 5.74) is -0.148. The van der Waals surface area contributed by atoms with Gasteiger partial charge in [0.25, 0.3) is 0 Å². The maximum atomic E-state index is 15.3. The van der Waals surface area contributed by atoms with Crippen LogP contribution in [0.25, 0.3) is 10.8 Å². The monoisotopic (exact) mass is 464 g/mol. The molecule has 0 atom stereocenters. The number of amides is 1. The van der Waals surface area contributed by atoms with E-state index in [0.29, 0.717) is 11.3 Å². The zero-order chi connectivity index (χ0) is 24.4. The lowest BCUT2D eigenvalue weighted by Crippen LogP contribution is -2.43. The highest BCUT2D eigenvalue weighted by atomic mass is 19.1. The third kappa shape index (κ3) is 4.74. The molecular formula is C27H29FN2O4. The number of halogens is 1. The van der Waals surface area contributed by atoms with E-state index < -0.39 is 11.8 Å². The Bertz CT molecular complexity index is 1210. The molecule has 1 aliphatic rings. The molecule has 0 unspecified atom stereocenters. The number of anilines is 1. The summed E-state index contributed by atoms with van der Waals surface area (Å²) in [5.74, 6) is -1.89. The van der Waals surface area contributed by atoms with Gasteiger partial charge in [-0.15, -0.1) is 0 Å².